The molecule has 0 aromatic carbocycles. The average Bonchev–Trinajstić information content (AvgIpc) is 2.70. The van der Waals surface area contributed by atoms with Crippen molar-refractivity contribution >= 4 is 6.08 Å². The van der Waals surface area contributed by atoms with E-state index in [2.05, 4.69) is 0 Å². The molecule has 0 spiro atoms. The van der Waals surface area contributed by atoms with Crippen LogP contribution in [0, 0.1) is 0 Å². The first-order valence-corrected chi connectivity index (χ1v) is 5.74. The summed E-state index contributed by atoms with van der Waals surface area (Å²) in [7, 11) is 0. The molecule has 1 aliphatic heterocycles. The van der Waals surface area contributed by atoms with Crippen LogP contribution in [0.3, 0.4) is 0 Å². The average molecular weight is 288 g/mol. The van der Waals surface area contributed by atoms with Crippen molar-refractivity contribution in [3.8, 4) is 0 Å². The van der Waals surface area contributed by atoms with Gasteiger partial charge in [0.1, 0.15) is 18.3 Å². The van der Waals surface area contributed by atoms with Crippen molar-refractivity contribution in [1.82, 2.24) is 9.55 Å². The van der Waals surface area contributed by atoms with Crippen LogP contribution in [0.5, 0.6) is 0 Å². The lowest BCUT2D eigenvalue weighted by atomic mass is 10.1. The summed E-state index contributed by atoms with van der Waals surface area (Å²) in [6.07, 6.45) is -3.26. The maximum absolute atomic E-state index is 12.1. The topological polar surface area (TPSA) is 125 Å². The SMILES string of the molecule is O=c1[nH]c(=O)n([C@@H]2O[C@H](CO)[C@@H](O)[C@@H]2O)cc1/C=C/F. The fourth-order valence-electron chi connectivity index (χ4n) is 1.99. The first-order valence-electron chi connectivity index (χ1n) is 5.74. The number of nitrogens with one attached hydrogen (secondary N) is 1. The van der Waals surface area contributed by atoms with E-state index in [0.29, 0.717) is 0 Å². The Kier molecular flexibility index (Phi) is 4.14. The highest BCUT2D eigenvalue weighted by molar-refractivity contribution is 5.44. The Morgan fingerprint density at radius 2 is 2.10 bits per heavy atom. The second-order valence-electron chi connectivity index (χ2n) is 4.27. The number of rotatable bonds is 3. The number of H-pyrrole nitrogens is 1. The number of halogens is 1. The Balaban J connectivity index is 2.46. The summed E-state index contributed by atoms with van der Waals surface area (Å²) in [5, 5.41) is 28.4. The smallest absolute Gasteiger partial charge is 0.330 e. The van der Waals surface area contributed by atoms with Crippen LogP contribution >= 0.6 is 0 Å². The highest BCUT2D eigenvalue weighted by atomic mass is 19.1. The minimum absolute atomic E-state index is 0.122. The van der Waals surface area contributed by atoms with Gasteiger partial charge in [-0.15, -0.1) is 0 Å². The second-order valence-corrected chi connectivity index (χ2v) is 4.27. The van der Waals surface area contributed by atoms with Gasteiger partial charge in [0.25, 0.3) is 5.56 Å². The molecule has 9 heteroatoms. The van der Waals surface area contributed by atoms with Gasteiger partial charge in [0.05, 0.1) is 18.5 Å². The van der Waals surface area contributed by atoms with Crippen molar-refractivity contribution in [1.29, 1.82) is 0 Å². The van der Waals surface area contributed by atoms with Crippen LogP contribution in [0.1, 0.15) is 11.8 Å². The van der Waals surface area contributed by atoms with E-state index in [9.17, 15) is 24.2 Å². The molecule has 0 bridgehead atoms. The summed E-state index contributed by atoms with van der Waals surface area (Å²) in [6.45, 7) is -0.552. The molecule has 2 heterocycles. The Morgan fingerprint density at radius 1 is 1.40 bits per heavy atom. The molecule has 0 aliphatic carbocycles. The number of hydrogen-bond acceptors (Lipinski definition) is 6. The van der Waals surface area contributed by atoms with Gasteiger partial charge in [-0.25, -0.2) is 9.18 Å². The van der Waals surface area contributed by atoms with E-state index >= 15 is 0 Å². The van der Waals surface area contributed by atoms with Gasteiger partial charge in [0.2, 0.25) is 0 Å². The maximum atomic E-state index is 12.1. The van der Waals surface area contributed by atoms with Crippen LogP contribution in [-0.2, 0) is 4.74 Å². The third-order valence-corrected chi connectivity index (χ3v) is 3.03. The number of nitrogens with zero attached hydrogens (tertiary/aromatic N) is 1. The zero-order chi connectivity index (χ0) is 14.9. The molecule has 8 nitrogen and oxygen atoms in total. The number of aliphatic hydroxyl groups excluding tert-OH is 3. The molecule has 4 atom stereocenters. The lowest BCUT2D eigenvalue weighted by Crippen LogP contribution is -2.38. The van der Waals surface area contributed by atoms with E-state index < -0.39 is 42.4 Å². The Bertz CT molecular complexity index is 624. The van der Waals surface area contributed by atoms with Crippen molar-refractivity contribution in [3.63, 3.8) is 0 Å². The van der Waals surface area contributed by atoms with Crippen LogP contribution in [0.4, 0.5) is 4.39 Å². The van der Waals surface area contributed by atoms with Gasteiger partial charge in [-0.1, -0.05) is 0 Å². The van der Waals surface area contributed by atoms with Gasteiger partial charge in [-0.2, -0.15) is 0 Å². The fraction of sp³-hybridized carbons (Fsp3) is 0.455. The number of aliphatic hydroxyl groups is 3. The normalized spacial score (nSPS) is 30.2. The molecule has 20 heavy (non-hydrogen) atoms. The molecule has 0 radical (unpaired) electrons. The summed E-state index contributed by atoms with van der Waals surface area (Å²) in [5.74, 6) is 0. The molecule has 1 aliphatic rings. The van der Waals surface area contributed by atoms with E-state index in [1.54, 1.807) is 0 Å². The lowest BCUT2D eigenvalue weighted by molar-refractivity contribution is -0.0550. The monoisotopic (exact) mass is 288 g/mol. The predicted octanol–water partition coefficient (Wildman–Crippen LogP) is -1.91. The molecular formula is C11H13FN2O6. The van der Waals surface area contributed by atoms with E-state index in [1.807, 2.05) is 4.98 Å². The number of aromatic nitrogens is 2. The van der Waals surface area contributed by atoms with E-state index in [0.717, 1.165) is 16.8 Å². The Morgan fingerprint density at radius 3 is 2.65 bits per heavy atom. The van der Waals surface area contributed by atoms with Crippen LogP contribution < -0.4 is 11.2 Å². The molecule has 4 N–H and O–H groups in total. The molecule has 1 saturated heterocycles. The largest absolute Gasteiger partial charge is 0.394 e. The molecule has 1 aromatic rings. The van der Waals surface area contributed by atoms with Gasteiger partial charge < -0.3 is 20.1 Å². The summed E-state index contributed by atoms with van der Waals surface area (Å²) in [5.41, 5.74) is -1.85. The summed E-state index contributed by atoms with van der Waals surface area (Å²) in [4.78, 5) is 25.0. The molecular weight excluding hydrogens is 275 g/mol. The van der Waals surface area contributed by atoms with Gasteiger partial charge >= 0.3 is 5.69 Å². The maximum Gasteiger partial charge on any atom is 0.330 e. The minimum Gasteiger partial charge on any atom is -0.394 e. The van der Waals surface area contributed by atoms with Crippen molar-refractivity contribution in [3.05, 3.63) is 38.9 Å². The third-order valence-electron chi connectivity index (χ3n) is 3.03. The molecule has 2 rings (SSSR count). The van der Waals surface area contributed by atoms with Gasteiger partial charge in [0, 0.05) is 6.20 Å². The number of aromatic amines is 1. The van der Waals surface area contributed by atoms with Crippen molar-refractivity contribution < 1.29 is 24.4 Å². The first-order chi connectivity index (χ1) is 9.49. The fourth-order valence-corrected chi connectivity index (χ4v) is 1.99. The van der Waals surface area contributed by atoms with E-state index in [-0.39, 0.29) is 11.9 Å². The van der Waals surface area contributed by atoms with Crippen LogP contribution in [-0.4, -0.2) is 49.8 Å². The van der Waals surface area contributed by atoms with Crippen LogP contribution in [0.25, 0.3) is 6.08 Å². The van der Waals surface area contributed by atoms with Gasteiger partial charge in [-0.05, 0) is 6.08 Å². The van der Waals surface area contributed by atoms with E-state index in [4.69, 9.17) is 9.84 Å². The van der Waals surface area contributed by atoms with Crippen LogP contribution in [0.15, 0.2) is 22.1 Å². The number of hydrogen-bond donors (Lipinski definition) is 4. The summed E-state index contributed by atoms with van der Waals surface area (Å²) >= 11 is 0. The molecule has 0 unspecified atom stereocenters. The Labute approximate surface area is 111 Å². The molecule has 110 valence electrons. The zero-order valence-electron chi connectivity index (χ0n) is 10.1. The quantitative estimate of drug-likeness (QED) is 0.514. The van der Waals surface area contributed by atoms with Crippen LogP contribution in [0.2, 0.25) is 0 Å². The first kappa shape index (κ1) is 14.6. The number of ether oxygens (including phenoxy) is 1. The summed E-state index contributed by atoms with van der Waals surface area (Å²) in [6, 6.07) is 0. The zero-order valence-corrected chi connectivity index (χ0v) is 10.1. The molecule has 1 aromatic heterocycles. The highest BCUT2D eigenvalue weighted by Gasteiger charge is 2.43. The highest BCUT2D eigenvalue weighted by Crippen LogP contribution is 2.27. The summed E-state index contributed by atoms with van der Waals surface area (Å²) < 4.78 is 18.1. The van der Waals surface area contributed by atoms with E-state index in [1.165, 1.54) is 0 Å². The van der Waals surface area contributed by atoms with Gasteiger partial charge in [-0.3, -0.25) is 14.3 Å². The molecule has 0 saturated carbocycles. The molecule has 0 amide bonds. The van der Waals surface area contributed by atoms with Gasteiger partial charge in [0.15, 0.2) is 6.23 Å². The third kappa shape index (κ3) is 2.43. The molecule has 1 fully saturated rings. The Hall–Kier alpha value is -1.81. The van der Waals surface area contributed by atoms with Crippen molar-refractivity contribution in [2.45, 2.75) is 24.5 Å². The second kappa shape index (κ2) is 5.67. The predicted molar refractivity (Wildman–Crippen MR) is 64.5 cm³/mol. The van der Waals surface area contributed by atoms with Crippen molar-refractivity contribution in [2.24, 2.45) is 0 Å². The van der Waals surface area contributed by atoms with Crippen molar-refractivity contribution in [2.75, 3.05) is 6.61 Å². The minimum atomic E-state index is -1.47. The standard InChI is InChI=1S/C11H13FN2O6/c12-2-1-5-3-14(11(19)13-9(5)18)10-8(17)7(16)6(4-15)20-10/h1-3,6-8,10,15-17H,4H2,(H,13,18,19)/b2-1+/t6-,7-,8+,10-/m1/s1. The lowest BCUT2D eigenvalue weighted by Gasteiger charge is -2.17.